The van der Waals surface area contributed by atoms with Crippen molar-refractivity contribution in [2.45, 2.75) is 38.6 Å². The Hall–Kier alpha value is -4.34. The quantitative estimate of drug-likeness (QED) is 0.376. The molecule has 12 heteroatoms. The van der Waals surface area contributed by atoms with Gasteiger partial charge in [0.2, 0.25) is 16.4 Å². The van der Waals surface area contributed by atoms with Gasteiger partial charge in [-0.2, -0.15) is 0 Å². The third kappa shape index (κ3) is 4.78. The van der Waals surface area contributed by atoms with Crippen molar-refractivity contribution >= 4 is 44.5 Å². The number of fused-ring (bicyclic) bond motifs is 1. The van der Waals surface area contributed by atoms with Crippen LogP contribution in [0.3, 0.4) is 0 Å². The molecule has 10 nitrogen and oxygen atoms in total. The number of benzene rings is 2. The van der Waals surface area contributed by atoms with E-state index in [0.29, 0.717) is 24.1 Å². The van der Waals surface area contributed by atoms with E-state index < -0.39 is 33.7 Å². The maximum Gasteiger partial charge on any atom is 0.263 e. The lowest BCUT2D eigenvalue weighted by molar-refractivity contribution is 0.00335. The predicted molar refractivity (Wildman–Crippen MR) is 151 cm³/mol. The van der Waals surface area contributed by atoms with Crippen molar-refractivity contribution in [1.82, 2.24) is 9.47 Å². The fourth-order valence-electron chi connectivity index (χ4n) is 4.98. The molecule has 1 aromatic heterocycles. The molecule has 1 saturated carbocycles. The SMILES string of the molecule is C#Cc1ccc(Nc2c3c(c(CC)c(=O)n2C)N(c2cccc(NS(C)(=O)=O)c2)C(O)N(C2CC2)C3=O)c(F)c1. The standard InChI is InChI=1S/C28H28FN5O5S/c1-5-16-10-13-22(21(29)14-16)30-25-23-24(20(6-2)26(35)32(25)3)33(28(37)34(27(23)36)18-11-12-18)19-9-7-8-17(15-19)31-40(4,38)39/h1,7-10,13-15,18,28,30-31,37H,6,11-12H2,2-4H3. The van der Waals surface area contributed by atoms with E-state index in [0.717, 1.165) is 6.26 Å². The van der Waals surface area contributed by atoms with Crippen LogP contribution in [0.25, 0.3) is 0 Å². The Labute approximate surface area is 231 Å². The molecule has 3 N–H and O–H groups in total. The molecule has 1 amide bonds. The molecule has 2 aromatic carbocycles. The maximum atomic E-state index is 15.0. The Morgan fingerprint density at radius 3 is 2.50 bits per heavy atom. The number of anilines is 5. The van der Waals surface area contributed by atoms with Gasteiger partial charge in [0, 0.05) is 29.9 Å². The van der Waals surface area contributed by atoms with Crippen molar-refractivity contribution in [1.29, 1.82) is 0 Å². The number of terminal acetylenes is 1. The zero-order chi connectivity index (χ0) is 28.9. The van der Waals surface area contributed by atoms with Crippen LogP contribution in [-0.2, 0) is 23.5 Å². The van der Waals surface area contributed by atoms with E-state index in [1.165, 1.54) is 45.7 Å². The number of sulfonamides is 1. The van der Waals surface area contributed by atoms with E-state index in [2.05, 4.69) is 16.0 Å². The summed E-state index contributed by atoms with van der Waals surface area (Å²) >= 11 is 0. The molecule has 2 heterocycles. The second-order valence-corrected chi connectivity index (χ2v) is 11.6. The number of halogens is 1. The number of aliphatic hydroxyl groups is 1. The van der Waals surface area contributed by atoms with Gasteiger partial charge in [-0.3, -0.25) is 28.7 Å². The highest BCUT2D eigenvalue weighted by atomic mass is 32.2. The zero-order valence-electron chi connectivity index (χ0n) is 22.1. The number of amides is 1. The minimum atomic E-state index is -3.60. The van der Waals surface area contributed by atoms with Gasteiger partial charge in [0.25, 0.3) is 11.5 Å². The molecule has 1 aliphatic carbocycles. The van der Waals surface area contributed by atoms with Crippen LogP contribution < -0.4 is 20.5 Å². The van der Waals surface area contributed by atoms with Crippen LogP contribution in [0.2, 0.25) is 0 Å². The Morgan fingerprint density at radius 1 is 1.18 bits per heavy atom. The van der Waals surface area contributed by atoms with Gasteiger partial charge in [-0.15, -0.1) is 6.42 Å². The van der Waals surface area contributed by atoms with Gasteiger partial charge in [0.1, 0.15) is 17.2 Å². The molecule has 0 spiro atoms. The van der Waals surface area contributed by atoms with Gasteiger partial charge in [-0.25, -0.2) is 12.8 Å². The topological polar surface area (TPSA) is 124 Å². The van der Waals surface area contributed by atoms with Gasteiger partial charge in [0.05, 0.1) is 23.3 Å². The van der Waals surface area contributed by atoms with Gasteiger partial charge in [0.15, 0.2) is 0 Å². The molecule has 1 aliphatic heterocycles. The van der Waals surface area contributed by atoms with E-state index in [1.54, 1.807) is 25.1 Å². The van der Waals surface area contributed by atoms with E-state index in [1.807, 2.05) is 0 Å². The Kier molecular flexibility index (Phi) is 6.81. The summed E-state index contributed by atoms with van der Waals surface area (Å²) in [6, 6.07) is 10.2. The van der Waals surface area contributed by atoms with E-state index in [-0.39, 0.29) is 46.5 Å². The summed E-state index contributed by atoms with van der Waals surface area (Å²) in [6.45, 7) is 1.76. The molecular weight excluding hydrogens is 537 g/mol. The smallest absolute Gasteiger partial charge is 0.263 e. The molecule has 3 aromatic rings. The van der Waals surface area contributed by atoms with Gasteiger partial charge in [-0.1, -0.05) is 18.9 Å². The highest BCUT2D eigenvalue weighted by Crippen LogP contribution is 2.45. The second kappa shape index (κ2) is 10.0. The summed E-state index contributed by atoms with van der Waals surface area (Å²) in [5.41, 5.74) is 0.975. The third-order valence-electron chi connectivity index (χ3n) is 6.94. The highest BCUT2D eigenvalue weighted by molar-refractivity contribution is 7.92. The number of hydrogen-bond donors (Lipinski definition) is 3. The summed E-state index contributed by atoms with van der Waals surface area (Å²) in [5, 5.41) is 14.5. The largest absolute Gasteiger partial charge is 0.356 e. The van der Waals surface area contributed by atoms with Gasteiger partial charge >= 0.3 is 0 Å². The fourth-order valence-corrected chi connectivity index (χ4v) is 5.54. The molecule has 0 saturated heterocycles. The van der Waals surface area contributed by atoms with E-state index in [9.17, 15) is 27.5 Å². The highest BCUT2D eigenvalue weighted by Gasteiger charge is 2.47. The monoisotopic (exact) mass is 565 g/mol. The maximum absolute atomic E-state index is 15.0. The Balaban J connectivity index is 1.77. The molecule has 2 aliphatic rings. The molecule has 0 radical (unpaired) electrons. The first kappa shape index (κ1) is 27.2. The number of rotatable bonds is 7. The van der Waals surface area contributed by atoms with Crippen LogP contribution >= 0.6 is 0 Å². The molecule has 1 fully saturated rings. The lowest BCUT2D eigenvalue weighted by atomic mass is 10.00. The van der Waals surface area contributed by atoms with Crippen LogP contribution in [0, 0.1) is 18.2 Å². The van der Waals surface area contributed by atoms with Gasteiger partial charge in [-0.05, 0) is 55.7 Å². The summed E-state index contributed by atoms with van der Waals surface area (Å²) < 4.78 is 42.4. The number of carbonyl (C=O) groups is 1. The second-order valence-electron chi connectivity index (χ2n) is 9.82. The summed E-state index contributed by atoms with van der Waals surface area (Å²) in [4.78, 5) is 30.4. The van der Waals surface area contributed by atoms with Crippen LogP contribution in [0.4, 0.5) is 33.0 Å². The molecule has 5 rings (SSSR count). The molecule has 0 bridgehead atoms. The number of aliphatic hydroxyl groups excluding tert-OH is 1. The van der Waals surface area contributed by atoms with Crippen molar-refractivity contribution in [3.63, 3.8) is 0 Å². The van der Waals surface area contributed by atoms with E-state index >= 15 is 0 Å². The average molecular weight is 566 g/mol. The molecule has 1 atom stereocenters. The van der Waals surface area contributed by atoms with Crippen molar-refractivity contribution in [3.05, 3.63) is 75.3 Å². The number of nitrogens with one attached hydrogen (secondary N) is 2. The Bertz CT molecular complexity index is 1740. The summed E-state index contributed by atoms with van der Waals surface area (Å²) in [5.74, 6) is 1.22. The lowest BCUT2D eigenvalue weighted by Crippen LogP contribution is -2.55. The molecule has 1 unspecified atom stereocenters. The van der Waals surface area contributed by atoms with Crippen molar-refractivity contribution < 1.29 is 22.7 Å². The Morgan fingerprint density at radius 2 is 1.90 bits per heavy atom. The molecule has 40 heavy (non-hydrogen) atoms. The van der Waals surface area contributed by atoms with Crippen LogP contribution in [0.5, 0.6) is 0 Å². The minimum Gasteiger partial charge on any atom is -0.356 e. The predicted octanol–water partition coefficient (Wildman–Crippen LogP) is 3.22. The number of hydrogen-bond acceptors (Lipinski definition) is 7. The summed E-state index contributed by atoms with van der Waals surface area (Å²) in [6.07, 6.45) is 6.51. The van der Waals surface area contributed by atoms with Crippen molar-refractivity contribution in [2.75, 3.05) is 21.2 Å². The number of nitrogens with zero attached hydrogens (tertiary/aromatic N) is 3. The fraction of sp³-hybridized carbons (Fsp3) is 0.286. The summed E-state index contributed by atoms with van der Waals surface area (Å²) in [7, 11) is -2.12. The average Bonchev–Trinajstić information content (AvgIpc) is 3.72. The van der Waals surface area contributed by atoms with E-state index in [4.69, 9.17) is 6.42 Å². The number of aromatic nitrogens is 1. The van der Waals surface area contributed by atoms with Crippen LogP contribution in [0.1, 0.15) is 41.3 Å². The molecular formula is C28H28FN5O5S. The normalized spacial score (nSPS) is 16.9. The van der Waals surface area contributed by atoms with Crippen LogP contribution in [-0.4, -0.2) is 47.5 Å². The molecule has 208 valence electrons. The first-order valence-corrected chi connectivity index (χ1v) is 14.5. The van der Waals surface area contributed by atoms with Crippen LogP contribution in [0.15, 0.2) is 47.3 Å². The first-order chi connectivity index (χ1) is 18.9. The zero-order valence-corrected chi connectivity index (χ0v) is 22.9. The van der Waals surface area contributed by atoms with Crippen molar-refractivity contribution in [3.8, 4) is 12.3 Å². The minimum absolute atomic E-state index is 0.00300. The van der Waals surface area contributed by atoms with Crippen molar-refractivity contribution in [2.24, 2.45) is 7.05 Å². The number of carbonyl (C=O) groups excluding carboxylic acids is 1. The first-order valence-electron chi connectivity index (χ1n) is 12.6. The third-order valence-corrected chi connectivity index (χ3v) is 7.54. The number of pyridine rings is 1. The van der Waals surface area contributed by atoms with Gasteiger partial charge < -0.3 is 10.4 Å². The lowest BCUT2D eigenvalue weighted by Gasteiger charge is -2.44.